The van der Waals surface area contributed by atoms with Gasteiger partial charge >= 0.3 is 0 Å². The number of benzene rings is 1. The maximum Gasteiger partial charge on any atom is 0.294 e. The largest absolute Gasteiger partial charge is 0.428 e. The quantitative estimate of drug-likeness (QED) is 0.903. The van der Waals surface area contributed by atoms with Gasteiger partial charge in [0.1, 0.15) is 5.76 Å². The third-order valence-corrected chi connectivity index (χ3v) is 2.87. The molecular weight excluding hydrogens is 236 g/mol. The molecule has 0 aliphatic carbocycles. The van der Waals surface area contributed by atoms with E-state index < -0.39 is 0 Å². The van der Waals surface area contributed by atoms with E-state index in [1.165, 1.54) is 5.56 Å². The van der Waals surface area contributed by atoms with Gasteiger partial charge in [-0.2, -0.15) is 4.98 Å². The lowest BCUT2D eigenvalue weighted by Gasteiger charge is -2.00. The predicted octanol–water partition coefficient (Wildman–Crippen LogP) is 3.46. The van der Waals surface area contributed by atoms with E-state index in [1.54, 1.807) is 7.05 Å². The first-order chi connectivity index (χ1) is 8.19. The number of anilines is 1. The predicted molar refractivity (Wildman–Crippen MR) is 69.6 cm³/mol. The van der Waals surface area contributed by atoms with Gasteiger partial charge in [-0.15, -0.1) is 0 Å². The van der Waals surface area contributed by atoms with E-state index in [9.17, 15) is 0 Å². The topological polar surface area (TPSA) is 38.1 Å². The highest BCUT2D eigenvalue weighted by Crippen LogP contribution is 2.17. The van der Waals surface area contributed by atoms with Crippen molar-refractivity contribution in [2.45, 2.75) is 19.8 Å². The molecule has 4 heteroatoms. The summed E-state index contributed by atoms with van der Waals surface area (Å²) in [5, 5.41) is 3.67. The van der Waals surface area contributed by atoms with Crippen molar-refractivity contribution >= 4 is 17.6 Å². The van der Waals surface area contributed by atoms with E-state index in [4.69, 9.17) is 16.0 Å². The van der Waals surface area contributed by atoms with E-state index in [0.717, 1.165) is 29.3 Å². The molecule has 3 nitrogen and oxygen atoms in total. The van der Waals surface area contributed by atoms with Gasteiger partial charge in [0.25, 0.3) is 6.01 Å². The molecule has 1 aromatic carbocycles. The second-order valence-electron chi connectivity index (χ2n) is 3.91. The average molecular weight is 251 g/mol. The first-order valence-electron chi connectivity index (χ1n) is 5.57. The monoisotopic (exact) mass is 250 g/mol. The number of hydrogen-bond acceptors (Lipinski definition) is 3. The molecule has 0 amide bonds. The van der Waals surface area contributed by atoms with E-state index in [1.807, 2.05) is 25.1 Å². The van der Waals surface area contributed by atoms with Crippen LogP contribution in [0.4, 0.5) is 6.01 Å². The van der Waals surface area contributed by atoms with E-state index >= 15 is 0 Å². The molecule has 0 aliphatic rings. The normalized spacial score (nSPS) is 10.5. The summed E-state index contributed by atoms with van der Waals surface area (Å²) in [6.45, 7) is 1.96. The van der Waals surface area contributed by atoms with Crippen LogP contribution >= 0.6 is 11.6 Å². The summed E-state index contributed by atoms with van der Waals surface area (Å²) in [7, 11) is 1.80. The van der Waals surface area contributed by atoms with Crippen LogP contribution in [0.25, 0.3) is 0 Å². The molecule has 2 rings (SSSR count). The Labute approximate surface area is 106 Å². The lowest BCUT2D eigenvalue weighted by atomic mass is 10.1. The van der Waals surface area contributed by atoms with Gasteiger partial charge in [0.15, 0.2) is 0 Å². The molecule has 0 aliphatic heterocycles. The number of oxazole rings is 1. The molecular formula is C13H15ClN2O. The first kappa shape index (κ1) is 12.0. The smallest absolute Gasteiger partial charge is 0.294 e. The fourth-order valence-corrected chi connectivity index (χ4v) is 1.93. The van der Waals surface area contributed by atoms with Gasteiger partial charge in [-0.1, -0.05) is 23.7 Å². The van der Waals surface area contributed by atoms with Crippen LogP contribution in [0.1, 0.15) is 17.0 Å². The highest BCUT2D eigenvalue weighted by molar-refractivity contribution is 6.30. The zero-order valence-electron chi connectivity index (χ0n) is 9.96. The Morgan fingerprint density at radius 2 is 2.18 bits per heavy atom. The van der Waals surface area contributed by atoms with Crippen LogP contribution in [0.3, 0.4) is 0 Å². The van der Waals surface area contributed by atoms with Crippen molar-refractivity contribution in [2.75, 3.05) is 12.4 Å². The minimum Gasteiger partial charge on any atom is -0.428 e. The van der Waals surface area contributed by atoms with Crippen LogP contribution < -0.4 is 5.32 Å². The molecule has 0 spiro atoms. The summed E-state index contributed by atoms with van der Waals surface area (Å²) in [5.74, 6) is 0.925. The molecule has 2 aromatic rings. The SMILES string of the molecule is CNc1nc(C)c(CCc2cccc(Cl)c2)o1. The van der Waals surface area contributed by atoms with Crippen LogP contribution in [0.2, 0.25) is 5.02 Å². The number of aryl methyl sites for hydroxylation is 3. The molecule has 1 heterocycles. The van der Waals surface area contributed by atoms with Gasteiger partial charge in [0, 0.05) is 18.5 Å². The number of nitrogens with one attached hydrogen (secondary N) is 1. The standard InChI is InChI=1S/C13H15ClN2O/c1-9-12(17-13(15-2)16-9)7-6-10-4-3-5-11(14)8-10/h3-5,8H,6-7H2,1-2H3,(H,15,16). The van der Waals surface area contributed by atoms with E-state index in [-0.39, 0.29) is 0 Å². The van der Waals surface area contributed by atoms with Crippen molar-refractivity contribution in [3.05, 3.63) is 46.3 Å². The third-order valence-electron chi connectivity index (χ3n) is 2.64. The molecule has 0 fully saturated rings. The Balaban J connectivity index is 2.04. The first-order valence-corrected chi connectivity index (χ1v) is 5.95. The summed E-state index contributed by atoms with van der Waals surface area (Å²) >= 11 is 5.94. The zero-order chi connectivity index (χ0) is 12.3. The molecule has 1 N–H and O–H groups in total. The van der Waals surface area contributed by atoms with Crippen LogP contribution in [0.15, 0.2) is 28.7 Å². The number of rotatable bonds is 4. The van der Waals surface area contributed by atoms with Gasteiger partial charge in [0.05, 0.1) is 5.69 Å². The Morgan fingerprint density at radius 1 is 1.35 bits per heavy atom. The average Bonchev–Trinajstić information content (AvgIpc) is 2.68. The highest BCUT2D eigenvalue weighted by atomic mass is 35.5. The third kappa shape index (κ3) is 3.01. The zero-order valence-corrected chi connectivity index (χ0v) is 10.7. The van der Waals surface area contributed by atoms with Crippen LogP contribution in [-0.4, -0.2) is 12.0 Å². The summed E-state index contributed by atoms with van der Waals surface area (Å²) in [6.07, 6.45) is 1.74. The Hall–Kier alpha value is -1.48. The van der Waals surface area contributed by atoms with Gasteiger partial charge in [-0.25, -0.2) is 0 Å². The molecule has 0 saturated heterocycles. The second-order valence-corrected chi connectivity index (χ2v) is 4.34. The Morgan fingerprint density at radius 3 is 2.82 bits per heavy atom. The van der Waals surface area contributed by atoms with Gasteiger partial charge in [-0.05, 0) is 31.0 Å². The van der Waals surface area contributed by atoms with Crippen molar-refractivity contribution in [3.8, 4) is 0 Å². The number of nitrogens with zero attached hydrogens (tertiary/aromatic N) is 1. The van der Waals surface area contributed by atoms with Crippen LogP contribution in [0.5, 0.6) is 0 Å². The van der Waals surface area contributed by atoms with Crippen molar-refractivity contribution in [3.63, 3.8) is 0 Å². The van der Waals surface area contributed by atoms with Gasteiger partial charge in [0.2, 0.25) is 0 Å². The second kappa shape index (κ2) is 5.23. The molecule has 90 valence electrons. The Kier molecular flexibility index (Phi) is 3.69. The number of hydrogen-bond donors (Lipinski definition) is 1. The fourth-order valence-electron chi connectivity index (χ4n) is 1.72. The fraction of sp³-hybridized carbons (Fsp3) is 0.308. The lowest BCUT2D eigenvalue weighted by molar-refractivity contribution is 0.516. The molecule has 1 aromatic heterocycles. The summed E-state index contributed by atoms with van der Waals surface area (Å²) in [5.41, 5.74) is 2.15. The molecule has 17 heavy (non-hydrogen) atoms. The minimum absolute atomic E-state index is 0.573. The molecule has 0 unspecified atom stereocenters. The van der Waals surface area contributed by atoms with Crippen LogP contribution in [0, 0.1) is 6.92 Å². The maximum atomic E-state index is 5.94. The van der Waals surface area contributed by atoms with Crippen molar-refractivity contribution in [1.82, 2.24) is 4.98 Å². The molecule has 0 bridgehead atoms. The summed E-state index contributed by atoms with van der Waals surface area (Å²) in [6, 6.07) is 8.46. The number of halogens is 1. The minimum atomic E-state index is 0.573. The summed E-state index contributed by atoms with van der Waals surface area (Å²) < 4.78 is 5.56. The van der Waals surface area contributed by atoms with E-state index in [0.29, 0.717) is 6.01 Å². The van der Waals surface area contributed by atoms with Crippen molar-refractivity contribution in [2.24, 2.45) is 0 Å². The summed E-state index contributed by atoms with van der Waals surface area (Å²) in [4.78, 5) is 4.26. The highest BCUT2D eigenvalue weighted by Gasteiger charge is 2.08. The van der Waals surface area contributed by atoms with Crippen LogP contribution in [-0.2, 0) is 12.8 Å². The molecule has 0 saturated carbocycles. The van der Waals surface area contributed by atoms with E-state index in [2.05, 4.69) is 16.4 Å². The molecule has 0 radical (unpaired) electrons. The molecule has 0 atom stereocenters. The maximum absolute atomic E-state index is 5.94. The lowest BCUT2D eigenvalue weighted by Crippen LogP contribution is -1.91. The Bertz CT molecular complexity index is 508. The van der Waals surface area contributed by atoms with Crippen molar-refractivity contribution < 1.29 is 4.42 Å². The number of aromatic nitrogens is 1. The van der Waals surface area contributed by atoms with Crippen molar-refractivity contribution in [1.29, 1.82) is 0 Å². The van der Waals surface area contributed by atoms with Gasteiger partial charge in [-0.3, -0.25) is 0 Å². The van der Waals surface area contributed by atoms with Gasteiger partial charge < -0.3 is 9.73 Å².